The fourth-order valence-corrected chi connectivity index (χ4v) is 1.80. The van der Waals surface area contributed by atoms with Crippen molar-refractivity contribution in [2.24, 2.45) is 0 Å². The number of carbonyl (C=O) groups excluding carboxylic acids is 1. The zero-order valence-corrected chi connectivity index (χ0v) is 10.9. The molecule has 0 atom stereocenters. The molecule has 4 nitrogen and oxygen atoms in total. The molecule has 2 aromatic rings. The van der Waals surface area contributed by atoms with Gasteiger partial charge in [-0.25, -0.2) is 13.2 Å². The van der Waals surface area contributed by atoms with Crippen LogP contribution in [0.15, 0.2) is 30.3 Å². The van der Waals surface area contributed by atoms with E-state index in [4.69, 9.17) is 10.5 Å². The highest BCUT2D eigenvalue weighted by molar-refractivity contribution is 6.09. The van der Waals surface area contributed by atoms with Gasteiger partial charge in [-0.15, -0.1) is 0 Å². The van der Waals surface area contributed by atoms with E-state index >= 15 is 0 Å². The Morgan fingerprint density at radius 1 is 1.19 bits per heavy atom. The SMILES string of the molecule is COc1cccc(N)c1C(=O)Nc1c(F)cc(F)cc1F. The van der Waals surface area contributed by atoms with Crippen molar-refractivity contribution in [2.75, 3.05) is 18.2 Å². The van der Waals surface area contributed by atoms with Crippen LogP contribution < -0.4 is 15.8 Å². The minimum absolute atomic E-state index is 0.0666. The van der Waals surface area contributed by atoms with Gasteiger partial charge in [-0.3, -0.25) is 4.79 Å². The number of anilines is 2. The van der Waals surface area contributed by atoms with E-state index in [9.17, 15) is 18.0 Å². The van der Waals surface area contributed by atoms with Gasteiger partial charge in [0.15, 0.2) is 11.6 Å². The van der Waals surface area contributed by atoms with E-state index < -0.39 is 29.0 Å². The quantitative estimate of drug-likeness (QED) is 0.856. The van der Waals surface area contributed by atoms with Gasteiger partial charge in [0.25, 0.3) is 5.91 Å². The second kappa shape index (κ2) is 5.74. The van der Waals surface area contributed by atoms with Gasteiger partial charge in [0.05, 0.1) is 7.11 Å². The predicted octanol–water partition coefficient (Wildman–Crippen LogP) is 2.95. The number of ether oxygens (including phenoxy) is 1. The molecule has 110 valence electrons. The summed E-state index contributed by atoms with van der Waals surface area (Å²) < 4.78 is 44.8. The summed E-state index contributed by atoms with van der Waals surface area (Å²) in [6.07, 6.45) is 0. The highest BCUT2D eigenvalue weighted by Gasteiger charge is 2.20. The molecule has 0 aromatic heterocycles. The molecule has 0 aliphatic carbocycles. The number of hydrogen-bond donors (Lipinski definition) is 2. The van der Waals surface area contributed by atoms with Crippen molar-refractivity contribution in [1.29, 1.82) is 0 Å². The molecular formula is C14H11F3N2O2. The van der Waals surface area contributed by atoms with Crippen molar-refractivity contribution in [1.82, 2.24) is 0 Å². The van der Waals surface area contributed by atoms with Gasteiger partial charge in [-0.2, -0.15) is 0 Å². The summed E-state index contributed by atoms with van der Waals surface area (Å²) in [4.78, 5) is 12.1. The molecule has 7 heteroatoms. The molecule has 0 saturated carbocycles. The number of halogens is 3. The first-order valence-corrected chi connectivity index (χ1v) is 5.82. The van der Waals surface area contributed by atoms with Crippen LogP contribution in [0.1, 0.15) is 10.4 Å². The van der Waals surface area contributed by atoms with Gasteiger partial charge in [0, 0.05) is 17.8 Å². The molecule has 0 bridgehead atoms. The van der Waals surface area contributed by atoms with Crippen LogP contribution in [-0.2, 0) is 0 Å². The predicted molar refractivity (Wildman–Crippen MR) is 71.7 cm³/mol. The number of nitrogens with two attached hydrogens (primary N) is 1. The van der Waals surface area contributed by atoms with Crippen molar-refractivity contribution in [3.05, 3.63) is 53.3 Å². The maximum atomic E-state index is 13.5. The molecule has 2 rings (SSSR count). The number of nitrogens with one attached hydrogen (secondary N) is 1. The molecule has 1 amide bonds. The van der Waals surface area contributed by atoms with Crippen molar-refractivity contribution in [3.63, 3.8) is 0 Å². The maximum absolute atomic E-state index is 13.5. The molecule has 0 spiro atoms. The molecule has 0 saturated heterocycles. The largest absolute Gasteiger partial charge is 0.496 e. The molecule has 0 unspecified atom stereocenters. The lowest BCUT2D eigenvalue weighted by atomic mass is 10.1. The van der Waals surface area contributed by atoms with Crippen molar-refractivity contribution < 1.29 is 22.7 Å². The molecule has 0 aliphatic rings. The zero-order chi connectivity index (χ0) is 15.6. The van der Waals surface area contributed by atoms with Crippen LogP contribution in [0.4, 0.5) is 24.5 Å². The van der Waals surface area contributed by atoms with Crippen LogP contribution in [0.5, 0.6) is 5.75 Å². The smallest absolute Gasteiger partial charge is 0.261 e. The van der Waals surface area contributed by atoms with E-state index in [-0.39, 0.29) is 17.0 Å². The highest BCUT2D eigenvalue weighted by atomic mass is 19.1. The number of nitrogen functional groups attached to an aromatic ring is 1. The Balaban J connectivity index is 2.40. The summed E-state index contributed by atoms with van der Waals surface area (Å²) in [7, 11) is 1.32. The van der Waals surface area contributed by atoms with Crippen molar-refractivity contribution >= 4 is 17.3 Å². The van der Waals surface area contributed by atoms with Crippen LogP contribution >= 0.6 is 0 Å². The van der Waals surface area contributed by atoms with E-state index in [0.717, 1.165) is 0 Å². The first-order chi connectivity index (χ1) is 9.93. The number of methoxy groups -OCH3 is 1. The fourth-order valence-electron chi connectivity index (χ4n) is 1.80. The Bertz CT molecular complexity index is 682. The lowest BCUT2D eigenvalue weighted by Gasteiger charge is -2.12. The number of benzene rings is 2. The Hall–Kier alpha value is -2.70. The lowest BCUT2D eigenvalue weighted by molar-refractivity contribution is 0.102. The molecular weight excluding hydrogens is 285 g/mol. The fraction of sp³-hybridized carbons (Fsp3) is 0.0714. The third-order valence-corrected chi connectivity index (χ3v) is 2.75. The first-order valence-electron chi connectivity index (χ1n) is 5.82. The molecule has 21 heavy (non-hydrogen) atoms. The minimum atomic E-state index is -1.23. The van der Waals surface area contributed by atoms with E-state index in [1.165, 1.54) is 19.2 Å². The molecule has 0 radical (unpaired) electrons. The maximum Gasteiger partial charge on any atom is 0.261 e. The molecule has 2 aromatic carbocycles. The van der Waals surface area contributed by atoms with Crippen molar-refractivity contribution in [2.45, 2.75) is 0 Å². The Morgan fingerprint density at radius 3 is 2.38 bits per heavy atom. The van der Waals surface area contributed by atoms with E-state index in [1.54, 1.807) is 6.07 Å². The summed E-state index contributed by atoms with van der Waals surface area (Å²) in [5.41, 5.74) is 4.92. The highest BCUT2D eigenvalue weighted by Crippen LogP contribution is 2.27. The molecule has 0 fully saturated rings. The minimum Gasteiger partial charge on any atom is -0.496 e. The summed E-state index contributed by atoms with van der Waals surface area (Å²) in [6.45, 7) is 0. The van der Waals surface area contributed by atoms with Gasteiger partial charge in [0.2, 0.25) is 0 Å². The Kier molecular flexibility index (Phi) is 4.02. The number of amides is 1. The van der Waals surface area contributed by atoms with Gasteiger partial charge in [-0.05, 0) is 12.1 Å². The monoisotopic (exact) mass is 296 g/mol. The normalized spacial score (nSPS) is 10.3. The summed E-state index contributed by atoms with van der Waals surface area (Å²) in [6, 6.07) is 5.40. The van der Waals surface area contributed by atoms with Crippen LogP contribution in [0.25, 0.3) is 0 Å². The standard InChI is InChI=1S/C14H11F3N2O2/c1-21-11-4-2-3-10(18)12(11)14(20)19-13-8(16)5-7(15)6-9(13)17/h2-6H,18H2,1H3,(H,19,20). The molecule has 3 N–H and O–H groups in total. The lowest BCUT2D eigenvalue weighted by Crippen LogP contribution is -2.17. The van der Waals surface area contributed by atoms with Crippen molar-refractivity contribution in [3.8, 4) is 5.75 Å². The van der Waals surface area contributed by atoms with Gasteiger partial charge < -0.3 is 15.8 Å². The number of hydrogen-bond acceptors (Lipinski definition) is 3. The Morgan fingerprint density at radius 2 is 1.81 bits per heavy atom. The third-order valence-electron chi connectivity index (χ3n) is 2.75. The summed E-state index contributed by atoms with van der Waals surface area (Å²) in [5, 5.41) is 2.02. The van der Waals surface area contributed by atoms with Gasteiger partial charge in [0.1, 0.15) is 22.8 Å². The van der Waals surface area contributed by atoms with Crippen LogP contribution in [-0.4, -0.2) is 13.0 Å². The first kappa shape index (κ1) is 14.7. The second-order valence-corrected chi connectivity index (χ2v) is 4.12. The van der Waals surface area contributed by atoms with Crippen LogP contribution in [0.2, 0.25) is 0 Å². The second-order valence-electron chi connectivity index (χ2n) is 4.12. The molecule has 0 aliphatic heterocycles. The average Bonchev–Trinajstić information content (AvgIpc) is 2.42. The zero-order valence-electron chi connectivity index (χ0n) is 10.9. The van der Waals surface area contributed by atoms with E-state index in [2.05, 4.69) is 0 Å². The average molecular weight is 296 g/mol. The topological polar surface area (TPSA) is 64.3 Å². The Labute approximate surface area is 118 Å². The van der Waals surface area contributed by atoms with Crippen LogP contribution in [0, 0.1) is 17.5 Å². The van der Waals surface area contributed by atoms with E-state index in [0.29, 0.717) is 12.1 Å². The summed E-state index contributed by atoms with van der Waals surface area (Å²) >= 11 is 0. The number of carbonyl (C=O) groups is 1. The van der Waals surface area contributed by atoms with Gasteiger partial charge in [-0.1, -0.05) is 6.07 Å². The van der Waals surface area contributed by atoms with Crippen LogP contribution in [0.3, 0.4) is 0 Å². The van der Waals surface area contributed by atoms with Gasteiger partial charge >= 0.3 is 0 Å². The number of rotatable bonds is 3. The third kappa shape index (κ3) is 2.91. The summed E-state index contributed by atoms with van der Waals surface area (Å²) in [5.74, 6) is -4.26. The van der Waals surface area contributed by atoms with E-state index in [1.807, 2.05) is 5.32 Å². The molecule has 0 heterocycles.